The van der Waals surface area contributed by atoms with Crippen LogP contribution in [0.2, 0.25) is 0 Å². The second-order valence-corrected chi connectivity index (χ2v) is 4.56. The Balaban J connectivity index is 2.35. The second kappa shape index (κ2) is 5.22. The van der Waals surface area contributed by atoms with E-state index in [4.69, 9.17) is 4.74 Å². The van der Waals surface area contributed by atoms with Gasteiger partial charge in [0.05, 0.1) is 6.61 Å². The average Bonchev–Trinajstić information content (AvgIpc) is 2.11. The van der Waals surface area contributed by atoms with Crippen molar-refractivity contribution in [3.05, 3.63) is 11.6 Å². The molecule has 0 N–H and O–H groups in total. The molecule has 1 rings (SSSR count). The van der Waals surface area contributed by atoms with Crippen molar-refractivity contribution < 1.29 is 4.74 Å². The van der Waals surface area contributed by atoms with Gasteiger partial charge in [-0.1, -0.05) is 25.8 Å². The standard InChI is InChI=1S/C13H20O/c1-4-5-9-14-11-12-7-6-8-13(2,3)10-12/h10H,6-9,11H2,1-3H3. The zero-order valence-corrected chi connectivity index (χ0v) is 9.52. The Morgan fingerprint density at radius 1 is 1.50 bits per heavy atom. The Morgan fingerprint density at radius 3 is 2.93 bits per heavy atom. The van der Waals surface area contributed by atoms with Gasteiger partial charge < -0.3 is 4.74 Å². The largest absolute Gasteiger partial charge is 0.364 e. The molecule has 1 aliphatic rings. The van der Waals surface area contributed by atoms with Gasteiger partial charge in [0.2, 0.25) is 0 Å². The Kier molecular flexibility index (Phi) is 4.22. The van der Waals surface area contributed by atoms with Gasteiger partial charge in [-0.2, -0.15) is 0 Å². The molecule has 1 aliphatic carbocycles. The molecule has 1 heteroatoms. The van der Waals surface area contributed by atoms with Crippen LogP contribution in [0.5, 0.6) is 0 Å². The van der Waals surface area contributed by atoms with Crippen LogP contribution in [0, 0.1) is 17.3 Å². The summed E-state index contributed by atoms with van der Waals surface area (Å²) in [7, 11) is 0. The summed E-state index contributed by atoms with van der Waals surface area (Å²) in [5.41, 5.74) is 1.81. The van der Waals surface area contributed by atoms with Gasteiger partial charge in [-0.25, -0.2) is 0 Å². The molecule has 0 heterocycles. The van der Waals surface area contributed by atoms with Gasteiger partial charge in [0.15, 0.2) is 0 Å². The van der Waals surface area contributed by atoms with Crippen molar-refractivity contribution in [1.29, 1.82) is 0 Å². The van der Waals surface area contributed by atoms with E-state index in [0.29, 0.717) is 12.0 Å². The van der Waals surface area contributed by atoms with Gasteiger partial charge in [0, 0.05) is 0 Å². The van der Waals surface area contributed by atoms with Gasteiger partial charge in [-0.05, 0) is 37.2 Å². The maximum absolute atomic E-state index is 5.46. The summed E-state index contributed by atoms with van der Waals surface area (Å²) in [6.07, 6.45) is 6.16. The molecule has 0 saturated heterocycles. The van der Waals surface area contributed by atoms with Gasteiger partial charge in [0.1, 0.15) is 6.61 Å². The molecule has 0 fully saturated rings. The van der Waals surface area contributed by atoms with Crippen molar-refractivity contribution in [2.24, 2.45) is 5.41 Å². The zero-order valence-electron chi connectivity index (χ0n) is 9.52. The smallest absolute Gasteiger partial charge is 0.108 e. The Labute approximate surface area is 87.5 Å². The fraction of sp³-hybridized carbons (Fsp3) is 0.692. The number of hydrogen-bond acceptors (Lipinski definition) is 1. The molecule has 0 spiro atoms. The molecule has 0 saturated carbocycles. The van der Waals surface area contributed by atoms with Crippen molar-refractivity contribution >= 4 is 0 Å². The fourth-order valence-corrected chi connectivity index (χ4v) is 1.89. The molecule has 0 amide bonds. The molecule has 0 aromatic heterocycles. The summed E-state index contributed by atoms with van der Waals surface area (Å²) in [5.74, 6) is 5.74. The summed E-state index contributed by atoms with van der Waals surface area (Å²) in [6.45, 7) is 7.74. The predicted molar refractivity (Wildman–Crippen MR) is 60.0 cm³/mol. The van der Waals surface area contributed by atoms with Crippen LogP contribution in [0.3, 0.4) is 0 Å². The van der Waals surface area contributed by atoms with E-state index in [2.05, 4.69) is 31.8 Å². The van der Waals surface area contributed by atoms with E-state index in [1.165, 1.54) is 24.8 Å². The average molecular weight is 192 g/mol. The van der Waals surface area contributed by atoms with Crippen LogP contribution in [-0.2, 0) is 4.74 Å². The number of ether oxygens (including phenoxy) is 1. The quantitative estimate of drug-likeness (QED) is 0.379. The van der Waals surface area contributed by atoms with Crippen LogP contribution in [0.4, 0.5) is 0 Å². The van der Waals surface area contributed by atoms with Crippen LogP contribution in [0.15, 0.2) is 11.6 Å². The summed E-state index contributed by atoms with van der Waals surface area (Å²) in [6, 6.07) is 0. The highest BCUT2D eigenvalue weighted by Crippen LogP contribution is 2.32. The first-order valence-electron chi connectivity index (χ1n) is 5.32. The minimum atomic E-state index is 0.368. The molecule has 78 valence electrons. The Morgan fingerprint density at radius 2 is 2.29 bits per heavy atom. The molecule has 0 radical (unpaired) electrons. The minimum absolute atomic E-state index is 0.368. The monoisotopic (exact) mass is 192 g/mol. The highest BCUT2D eigenvalue weighted by Gasteiger charge is 2.19. The second-order valence-electron chi connectivity index (χ2n) is 4.56. The minimum Gasteiger partial charge on any atom is -0.364 e. The van der Waals surface area contributed by atoms with Crippen molar-refractivity contribution in [1.82, 2.24) is 0 Å². The van der Waals surface area contributed by atoms with Crippen molar-refractivity contribution in [3.8, 4) is 11.8 Å². The third-order valence-electron chi connectivity index (χ3n) is 2.55. The third-order valence-corrected chi connectivity index (χ3v) is 2.55. The first kappa shape index (κ1) is 11.3. The first-order chi connectivity index (χ1) is 6.64. The van der Waals surface area contributed by atoms with E-state index in [1.54, 1.807) is 0 Å². The van der Waals surface area contributed by atoms with E-state index in [0.717, 1.165) is 6.61 Å². The number of rotatable bonds is 3. The maximum Gasteiger partial charge on any atom is 0.108 e. The Bertz CT molecular complexity index is 263. The number of allylic oxidation sites excluding steroid dienone is 1. The van der Waals surface area contributed by atoms with Gasteiger partial charge in [-0.3, -0.25) is 0 Å². The molecule has 1 nitrogen and oxygen atoms in total. The zero-order chi connectivity index (χ0) is 10.4. The van der Waals surface area contributed by atoms with E-state index in [-0.39, 0.29) is 0 Å². The molecule has 14 heavy (non-hydrogen) atoms. The molecule has 0 aliphatic heterocycles. The molecule has 0 aromatic rings. The normalized spacial score (nSPS) is 19.5. The molecular weight excluding hydrogens is 172 g/mol. The third kappa shape index (κ3) is 3.98. The maximum atomic E-state index is 5.46. The summed E-state index contributed by atoms with van der Waals surface area (Å²) in [5, 5.41) is 0. The highest BCUT2D eigenvalue weighted by molar-refractivity contribution is 5.12. The van der Waals surface area contributed by atoms with Crippen molar-refractivity contribution in [2.75, 3.05) is 13.2 Å². The summed E-state index contributed by atoms with van der Waals surface area (Å²) >= 11 is 0. The predicted octanol–water partition coefficient (Wildman–Crippen LogP) is 3.16. The highest BCUT2D eigenvalue weighted by atomic mass is 16.5. The molecule has 0 bridgehead atoms. The lowest BCUT2D eigenvalue weighted by molar-refractivity contribution is 0.185. The fourth-order valence-electron chi connectivity index (χ4n) is 1.89. The SMILES string of the molecule is CC#CCOCC1=CC(C)(C)CCC1. The first-order valence-corrected chi connectivity index (χ1v) is 5.32. The van der Waals surface area contributed by atoms with E-state index >= 15 is 0 Å². The topological polar surface area (TPSA) is 9.23 Å². The van der Waals surface area contributed by atoms with Gasteiger partial charge >= 0.3 is 0 Å². The van der Waals surface area contributed by atoms with Crippen molar-refractivity contribution in [3.63, 3.8) is 0 Å². The molecule has 0 aromatic carbocycles. The van der Waals surface area contributed by atoms with Crippen LogP contribution in [-0.4, -0.2) is 13.2 Å². The van der Waals surface area contributed by atoms with E-state index in [1.807, 2.05) is 6.92 Å². The van der Waals surface area contributed by atoms with E-state index < -0.39 is 0 Å². The lowest BCUT2D eigenvalue weighted by Gasteiger charge is -2.27. The molecule has 0 atom stereocenters. The lowest BCUT2D eigenvalue weighted by atomic mass is 9.80. The number of hydrogen-bond donors (Lipinski definition) is 0. The van der Waals surface area contributed by atoms with Gasteiger partial charge in [-0.15, -0.1) is 5.92 Å². The Hall–Kier alpha value is -0.740. The van der Waals surface area contributed by atoms with Crippen LogP contribution in [0.25, 0.3) is 0 Å². The molecule has 0 unspecified atom stereocenters. The van der Waals surface area contributed by atoms with Crippen LogP contribution < -0.4 is 0 Å². The van der Waals surface area contributed by atoms with Crippen LogP contribution >= 0.6 is 0 Å². The van der Waals surface area contributed by atoms with E-state index in [9.17, 15) is 0 Å². The lowest BCUT2D eigenvalue weighted by Crippen LogP contribution is -2.15. The van der Waals surface area contributed by atoms with Gasteiger partial charge in [0.25, 0.3) is 0 Å². The summed E-state index contributed by atoms with van der Waals surface area (Å²) < 4.78 is 5.46. The summed E-state index contributed by atoms with van der Waals surface area (Å²) in [4.78, 5) is 0. The van der Waals surface area contributed by atoms with Crippen molar-refractivity contribution in [2.45, 2.75) is 40.0 Å². The van der Waals surface area contributed by atoms with Crippen LogP contribution in [0.1, 0.15) is 40.0 Å². The molecular formula is C13H20O.